The standard InChI is InChI=1S/C21H19F3N2O3/c1-12(25-19(28)17-11-26(2)20(29)18(17)27)13-5-3-6-14(9-13)15-7-4-8-16(10-15)21(22,23)24/h3-10,12,27H,11H2,1-2H3,(H,25,28). The van der Waals surface area contributed by atoms with Gasteiger partial charge in [-0.3, -0.25) is 9.59 Å². The number of amides is 2. The second-order valence-electron chi connectivity index (χ2n) is 6.89. The number of nitrogens with zero attached hydrogens (tertiary/aromatic N) is 1. The van der Waals surface area contributed by atoms with Gasteiger partial charge in [0.15, 0.2) is 5.76 Å². The van der Waals surface area contributed by atoms with Crippen LogP contribution in [0.25, 0.3) is 11.1 Å². The smallest absolute Gasteiger partial charge is 0.416 e. The molecule has 0 fully saturated rings. The normalized spacial score (nSPS) is 15.6. The first-order valence-electron chi connectivity index (χ1n) is 8.84. The summed E-state index contributed by atoms with van der Waals surface area (Å²) in [5.41, 5.74) is 0.903. The molecule has 0 bridgehead atoms. The minimum Gasteiger partial charge on any atom is -0.503 e. The third-order valence-electron chi connectivity index (χ3n) is 4.76. The molecule has 8 heteroatoms. The molecule has 2 N–H and O–H groups in total. The number of aliphatic hydroxyl groups is 1. The van der Waals surface area contributed by atoms with E-state index in [2.05, 4.69) is 5.32 Å². The SMILES string of the molecule is CC(NC(=O)C1=C(O)C(=O)N(C)C1)c1cccc(-c2cccc(C(F)(F)F)c2)c1. The molecular weight excluding hydrogens is 385 g/mol. The molecular formula is C21H19F3N2O3. The summed E-state index contributed by atoms with van der Waals surface area (Å²) in [5, 5.41) is 12.5. The Balaban J connectivity index is 1.81. The monoisotopic (exact) mass is 404 g/mol. The number of hydrogen-bond acceptors (Lipinski definition) is 3. The maximum absolute atomic E-state index is 13.0. The fraction of sp³-hybridized carbons (Fsp3) is 0.238. The number of rotatable bonds is 4. The van der Waals surface area contributed by atoms with Gasteiger partial charge in [0.05, 0.1) is 23.7 Å². The van der Waals surface area contributed by atoms with E-state index in [1.807, 2.05) is 0 Å². The molecule has 0 aliphatic carbocycles. The van der Waals surface area contributed by atoms with Crippen LogP contribution in [-0.2, 0) is 15.8 Å². The summed E-state index contributed by atoms with van der Waals surface area (Å²) in [4.78, 5) is 25.3. The van der Waals surface area contributed by atoms with Crippen LogP contribution >= 0.6 is 0 Å². The molecule has 0 saturated heterocycles. The maximum atomic E-state index is 13.0. The Kier molecular flexibility index (Phi) is 5.37. The summed E-state index contributed by atoms with van der Waals surface area (Å²) in [5.74, 6) is -1.76. The fourth-order valence-electron chi connectivity index (χ4n) is 3.10. The van der Waals surface area contributed by atoms with Gasteiger partial charge in [0.1, 0.15) is 0 Å². The topological polar surface area (TPSA) is 69.6 Å². The van der Waals surface area contributed by atoms with E-state index in [0.29, 0.717) is 16.7 Å². The van der Waals surface area contributed by atoms with Gasteiger partial charge in [-0.05, 0) is 41.8 Å². The van der Waals surface area contributed by atoms with Gasteiger partial charge >= 0.3 is 6.18 Å². The van der Waals surface area contributed by atoms with Crippen molar-refractivity contribution in [3.05, 3.63) is 71.0 Å². The lowest BCUT2D eigenvalue weighted by Crippen LogP contribution is -2.30. The van der Waals surface area contributed by atoms with Gasteiger partial charge in [0.2, 0.25) is 0 Å². The van der Waals surface area contributed by atoms with Crippen LogP contribution in [-0.4, -0.2) is 35.4 Å². The van der Waals surface area contributed by atoms with Gasteiger partial charge in [-0.2, -0.15) is 13.2 Å². The molecule has 2 aromatic rings. The number of halogens is 3. The first-order valence-corrected chi connectivity index (χ1v) is 8.84. The second-order valence-corrected chi connectivity index (χ2v) is 6.89. The molecule has 1 atom stereocenters. The highest BCUT2D eigenvalue weighted by molar-refractivity contribution is 6.06. The lowest BCUT2D eigenvalue weighted by molar-refractivity contribution is -0.137. The predicted molar refractivity (Wildman–Crippen MR) is 101 cm³/mol. The average molecular weight is 404 g/mol. The van der Waals surface area contributed by atoms with Crippen LogP contribution in [0.1, 0.15) is 24.1 Å². The van der Waals surface area contributed by atoms with Crippen LogP contribution in [0.4, 0.5) is 13.2 Å². The molecule has 2 amide bonds. The van der Waals surface area contributed by atoms with Crippen LogP contribution in [0.5, 0.6) is 0 Å². The van der Waals surface area contributed by atoms with Crippen molar-refractivity contribution in [1.82, 2.24) is 10.2 Å². The van der Waals surface area contributed by atoms with Crippen molar-refractivity contribution in [3.8, 4) is 11.1 Å². The summed E-state index contributed by atoms with van der Waals surface area (Å²) >= 11 is 0. The highest BCUT2D eigenvalue weighted by Gasteiger charge is 2.32. The number of likely N-dealkylation sites (N-methyl/N-ethyl adjacent to an activating group) is 1. The van der Waals surface area contributed by atoms with Gasteiger partial charge in [-0.1, -0.05) is 30.3 Å². The molecule has 0 aromatic heterocycles. The van der Waals surface area contributed by atoms with Gasteiger partial charge in [0.25, 0.3) is 11.8 Å². The molecule has 2 aromatic carbocycles. The molecule has 1 unspecified atom stereocenters. The highest BCUT2D eigenvalue weighted by Crippen LogP contribution is 2.32. The molecule has 1 aliphatic heterocycles. The third kappa shape index (κ3) is 4.26. The maximum Gasteiger partial charge on any atom is 0.416 e. The van der Waals surface area contributed by atoms with E-state index < -0.39 is 35.4 Å². The van der Waals surface area contributed by atoms with Crippen molar-refractivity contribution in [1.29, 1.82) is 0 Å². The highest BCUT2D eigenvalue weighted by atomic mass is 19.4. The zero-order valence-corrected chi connectivity index (χ0v) is 15.7. The minimum absolute atomic E-state index is 0.00743. The summed E-state index contributed by atoms with van der Waals surface area (Å²) in [6, 6.07) is 11.3. The van der Waals surface area contributed by atoms with Gasteiger partial charge in [-0.25, -0.2) is 0 Å². The van der Waals surface area contributed by atoms with Crippen molar-refractivity contribution >= 4 is 11.8 Å². The predicted octanol–water partition coefficient (Wildman–Crippen LogP) is 3.83. The zero-order chi connectivity index (χ0) is 21.3. The Morgan fingerprint density at radius 2 is 1.76 bits per heavy atom. The second kappa shape index (κ2) is 7.62. The molecule has 0 saturated carbocycles. The van der Waals surface area contributed by atoms with Gasteiger partial charge < -0.3 is 15.3 Å². The minimum atomic E-state index is -4.43. The number of alkyl halides is 3. The van der Waals surface area contributed by atoms with Gasteiger partial charge in [0, 0.05) is 7.05 Å². The quantitative estimate of drug-likeness (QED) is 0.814. The van der Waals surface area contributed by atoms with E-state index in [-0.39, 0.29) is 12.1 Å². The Hall–Kier alpha value is -3.29. The van der Waals surface area contributed by atoms with Crippen molar-refractivity contribution in [3.63, 3.8) is 0 Å². The molecule has 1 heterocycles. The zero-order valence-electron chi connectivity index (χ0n) is 15.7. The van der Waals surface area contributed by atoms with E-state index in [4.69, 9.17) is 0 Å². The first-order chi connectivity index (χ1) is 13.6. The Morgan fingerprint density at radius 1 is 1.14 bits per heavy atom. The number of carbonyl (C=O) groups is 2. The van der Waals surface area contributed by atoms with E-state index in [1.165, 1.54) is 18.0 Å². The van der Waals surface area contributed by atoms with Crippen molar-refractivity contribution in [2.24, 2.45) is 0 Å². The van der Waals surface area contributed by atoms with Crippen LogP contribution < -0.4 is 5.32 Å². The number of benzene rings is 2. The Bertz CT molecular complexity index is 999. The van der Waals surface area contributed by atoms with E-state index in [0.717, 1.165) is 12.1 Å². The largest absolute Gasteiger partial charge is 0.503 e. The Morgan fingerprint density at radius 3 is 2.34 bits per heavy atom. The first kappa shape index (κ1) is 20.4. The van der Waals surface area contributed by atoms with Crippen molar-refractivity contribution < 1.29 is 27.9 Å². The van der Waals surface area contributed by atoms with E-state index in [1.54, 1.807) is 37.3 Å². The number of nitrogens with one attached hydrogen (secondary N) is 1. The van der Waals surface area contributed by atoms with Crippen LogP contribution in [0, 0.1) is 0 Å². The van der Waals surface area contributed by atoms with Crippen molar-refractivity contribution in [2.75, 3.05) is 13.6 Å². The third-order valence-corrected chi connectivity index (χ3v) is 4.76. The molecule has 1 aliphatic rings. The summed E-state index contributed by atoms with van der Waals surface area (Å²) in [6.45, 7) is 1.72. The average Bonchev–Trinajstić information content (AvgIpc) is 2.95. The molecule has 0 radical (unpaired) electrons. The molecule has 152 valence electrons. The van der Waals surface area contributed by atoms with Gasteiger partial charge in [-0.15, -0.1) is 0 Å². The lowest BCUT2D eigenvalue weighted by atomic mass is 9.98. The van der Waals surface area contributed by atoms with E-state index in [9.17, 15) is 27.9 Å². The van der Waals surface area contributed by atoms with Crippen LogP contribution in [0.3, 0.4) is 0 Å². The molecule has 0 spiro atoms. The molecule has 3 rings (SSSR count). The number of hydrogen-bond donors (Lipinski definition) is 2. The number of carbonyl (C=O) groups excluding carboxylic acids is 2. The molecule has 5 nitrogen and oxygen atoms in total. The summed E-state index contributed by atoms with van der Waals surface area (Å²) in [6.07, 6.45) is -4.43. The van der Waals surface area contributed by atoms with Crippen LogP contribution in [0.15, 0.2) is 59.9 Å². The fourth-order valence-corrected chi connectivity index (χ4v) is 3.10. The lowest BCUT2D eigenvalue weighted by Gasteiger charge is -2.16. The Labute approximate surface area is 165 Å². The van der Waals surface area contributed by atoms with E-state index >= 15 is 0 Å². The molecule has 29 heavy (non-hydrogen) atoms. The van der Waals surface area contributed by atoms with Crippen LogP contribution in [0.2, 0.25) is 0 Å². The summed E-state index contributed by atoms with van der Waals surface area (Å²) in [7, 11) is 1.47. The summed E-state index contributed by atoms with van der Waals surface area (Å²) < 4.78 is 38.9. The van der Waals surface area contributed by atoms with Crippen molar-refractivity contribution in [2.45, 2.75) is 19.1 Å². The number of aliphatic hydroxyl groups excluding tert-OH is 1.